The molecule has 0 radical (unpaired) electrons. The maximum Gasteiger partial charge on any atom is 0.244 e. The first kappa shape index (κ1) is 5.80. The van der Waals surface area contributed by atoms with Crippen molar-refractivity contribution in [3.8, 4) is 0 Å². The van der Waals surface area contributed by atoms with Crippen LogP contribution in [0.25, 0.3) is 0 Å². The molecule has 0 aromatic rings. The number of hydrogen-bond acceptors (Lipinski definition) is 2. The highest BCUT2D eigenvalue weighted by Crippen LogP contribution is 2.40. The van der Waals surface area contributed by atoms with Crippen molar-refractivity contribution in [2.75, 3.05) is 0 Å². The molecule has 9 heavy (non-hydrogen) atoms. The molecule has 1 unspecified atom stereocenters. The van der Waals surface area contributed by atoms with Crippen molar-refractivity contribution in [2.24, 2.45) is 0 Å². The lowest BCUT2D eigenvalue weighted by Crippen LogP contribution is -2.55. The maximum absolute atomic E-state index is 10.9. The Bertz CT molecular complexity index is 193. The first-order valence-corrected chi connectivity index (χ1v) is 4.45. The van der Waals surface area contributed by atoms with Gasteiger partial charge in [0.25, 0.3) is 0 Å². The number of hydrogen-bond donors (Lipinski definition) is 0. The number of alkyl halides is 1. The summed E-state index contributed by atoms with van der Waals surface area (Å²) in [5.41, 5.74) is 0. The lowest BCUT2D eigenvalue weighted by molar-refractivity contribution is -0.135. The summed E-state index contributed by atoms with van der Waals surface area (Å²) in [6.45, 7) is 0. The van der Waals surface area contributed by atoms with Crippen molar-refractivity contribution in [3.05, 3.63) is 11.6 Å². The third kappa shape index (κ3) is 0.604. The minimum Gasteiger partial charge on any atom is -0.303 e. The van der Waals surface area contributed by atoms with Crippen LogP contribution < -0.4 is 0 Å². The van der Waals surface area contributed by atoms with Crippen molar-refractivity contribution in [3.63, 3.8) is 0 Å². The molecule has 0 aliphatic carbocycles. The van der Waals surface area contributed by atoms with Crippen LogP contribution in [0.3, 0.4) is 0 Å². The van der Waals surface area contributed by atoms with Crippen LogP contribution in [0, 0.1) is 0 Å². The quantitative estimate of drug-likeness (QED) is 0.437. The predicted molar refractivity (Wildman–Crippen MR) is 40.1 cm³/mol. The standard InChI is InChI=1S/C5H4BrNOS/c6-3-4(8)7-1-2-9-5(3)7/h1-3,5H/t3?,5-/m0/s1. The van der Waals surface area contributed by atoms with E-state index in [-0.39, 0.29) is 10.7 Å². The number of amides is 1. The highest BCUT2D eigenvalue weighted by Gasteiger charge is 2.46. The molecule has 0 aromatic heterocycles. The Kier molecular flexibility index (Phi) is 1.13. The molecular formula is C5H4BrNOS. The monoisotopic (exact) mass is 205 g/mol. The normalized spacial score (nSPS) is 38.8. The fourth-order valence-electron chi connectivity index (χ4n) is 0.923. The first-order valence-electron chi connectivity index (χ1n) is 2.59. The number of rotatable bonds is 0. The largest absolute Gasteiger partial charge is 0.303 e. The zero-order valence-electron chi connectivity index (χ0n) is 4.45. The molecule has 2 atom stereocenters. The zero-order valence-corrected chi connectivity index (χ0v) is 6.85. The van der Waals surface area contributed by atoms with Crippen LogP contribution in [0.1, 0.15) is 0 Å². The number of nitrogens with zero attached hydrogens (tertiary/aromatic N) is 1. The summed E-state index contributed by atoms with van der Waals surface area (Å²) in [5, 5.41) is 2.29. The Hall–Kier alpha value is 0.0400. The molecule has 2 rings (SSSR count). The second kappa shape index (κ2) is 1.76. The van der Waals surface area contributed by atoms with E-state index in [0.29, 0.717) is 5.37 Å². The molecule has 2 aliphatic heterocycles. The van der Waals surface area contributed by atoms with Crippen LogP contribution in [0.15, 0.2) is 11.6 Å². The SMILES string of the molecule is O=C1C(Br)[C@@H]2SC=CN12. The van der Waals surface area contributed by atoms with Crippen LogP contribution in [-0.2, 0) is 4.79 Å². The van der Waals surface area contributed by atoms with Gasteiger partial charge in [-0.05, 0) is 5.41 Å². The van der Waals surface area contributed by atoms with Crippen LogP contribution in [0.2, 0.25) is 0 Å². The Morgan fingerprint density at radius 3 is 3.22 bits per heavy atom. The van der Waals surface area contributed by atoms with Gasteiger partial charge in [-0.2, -0.15) is 0 Å². The highest BCUT2D eigenvalue weighted by molar-refractivity contribution is 9.10. The van der Waals surface area contributed by atoms with E-state index in [1.54, 1.807) is 16.7 Å². The lowest BCUT2D eigenvalue weighted by Gasteiger charge is -2.37. The van der Waals surface area contributed by atoms with Gasteiger partial charge in [-0.3, -0.25) is 4.79 Å². The molecule has 0 aromatic carbocycles. The summed E-state index contributed by atoms with van der Waals surface area (Å²) in [7, 11) is 0. The maximum atomic E-state index is 10.9. The van der Waals surface area contributed by atoms with E-state index < -0.39 is 0 Å². The van der Waals surface area contributed by atoms with E-state index in [2.05, 4.69) is 15.9 Å². The second-order valence-corrected chi connectivity index (χ2v) is 3.97. The number of carbonyl (C=O) groups excluding carboxylic acids is 1. The van der Waals surface area contributed by atoms with Crippen molar-refractivity contribution in [1.29, 1.82) is 0 Å². The summed E-state index contributed by atoms with van der Waals surface area (Å²) < 4.78 is 0. The smallest absolute Gasteiger partial charge is 0.244 e. The Labute approximate surface area is 65.4 Å². The topological polar surface area (TPSA) is 20.3 Å². The van der Waals surface area contributed by atoms with E-state index in [1.807, 2.05) is 11.6 Å². The molecule has 0 N–H and O–H groups in total. The molecule has 4 heteroatoms. The average molecular weight is 206 g/mol. The fraction of sp³-hybridized carbons (Fsp3) is 0.400. The van der Waals surface area contributed by atoms with Crippen molar-refractivity contribution in [1.82, 2.24) is 4.90 Å². The number of halogens is 1. The van der Waals surface area contributed by atoms with Gasteiger partial charge >= 0.3 is 0 Å². The van der Waals surface area contributed by atoms with E-state index >= 15 is 0 Å². The number of carbonyl (C=O) groups is 1. The molecule has 1 fully saturated rings. The van der Waals surface area contributed by atoms with Gasteiger partial charge in [0.05, 0.1) is 0 Å². The summed E-state index contributed by atoms with van der Waals surface area (Å²) in [4.78, 5) is 12.7. The molecule has 0 saturated carbocycles. The molecule has 2 heterocycles. The molecule has 0 spiro atoms. The molecule has 2 nitrogen and oxygen atoms in total. The van der Waals surface area contributed by atoms with E-state index in [9.17, 15) is 4.79 Å². The van der Waals surface area contributed by atoms with E-state index in [4.69, 9.17) is 0 Å². The van der Waals surface area contributed by atoms with Gasteiger partial charge < -0.3 is 4.90 Å². The Morgan fingerprint density at radius 2 is 2.56 bits per heavy atom. The lowest BCUT2D eigenvalue weighted by atomic mass is 10.2. The van der Waals surface area contributed by atoms with Gasteiger partial charge in [-0.1, -0.05) is 15.9 Å². The predicted octanol–water partition coefficient (Wildman–Crippen LogP) is 1.14. The van der Waals surface area contributed by atoms with Crippen molar-refractivity contribution >= 4 is 33.6 Å². The second-order valence-electron chi connectivity index (χ2n) is 1.96. The first-order chi connectivity index (χ1) is 4.30. The summed E-state index contributed by atoms with van der Waals surface area (Å²) >= 11 is 4.96. The van der Waals surface area contributed by atoms with Crippen molar-refractivity contribution in [2.45, 2.75) is 10.2 Å². The summed E-state index contributed by atoms with van der Waals surface area (Å²) in [6.07, 6.45) is 1.83. The third-order valence-corrected chi connectivity index (χ3v) is 3.75. The minimum absolute atomic E-state index is 0.0532. The van der Waals surface area contributed by atoms with Crippen LogP contribution in [0.5, 0.6) is 0 Å². The summed E-state index contributed by atoms with van der Waals surface area (Å²) in [6, 6.07) is 0. The highest BCUT2D eigenvalue weighted by atomic mass is 79.9. The molecular weight excluding hydrogens is 202 g/mol. The average Bonchev–Trinajstić information content (AvgIpc) is 2.30. The molecule has 0 bridgehead atoms. The molecule has 1 saturated heterocycles. The van der Waals surface area contributed by atoms with Crippen LogP contribution in [-0.4, -0.2) is 21.0 Å². The Balaban J connectivity index is 2.21. The number of thioether (sulfide) groups is 1. The number of β-lactam (4-membered cyclic amide) rings is 1. The molecule has 2 aliphatic rings. The van der Waals surface area contributed by atoms with Crippen molar-refractivity contribution < 1.29 is 4.79 Å². The van der Waals surface area contributed by atoms with E-state index in [1.165, 1.54) is 0 Å². The van der Waals surface area contributed by atoms with Gasteiger partial charge in [0.2, 0.25) is 5.91 Å². The van der Waals surface area contributed by atoms with Gasteiger partial charge in [0, 0.05) is 6.20 Å². The Morgan fingerprint density at radius 1 is 1.78 bits per heavy atom. The zero-order chi connectivity index (χ0) is 6.43. The fourth-order valence-corrected chi connectivity index (χ4v) is 2.71. The number of fused-ring (bicyclic) bond motifs is 1. The van der Waals surface area contributed by atoms with Gasteiger partial charge in [0.15, 0.2) is 0 Å². The molecule has 48 valence electrons. The van der Waals surface area contributed by atoms with Gasteiger partial charge in [0.1, 0.15) is 10.2 Å². The van der Waals surface area contributed by atoms with Crippen LogP contribution in [0.4, 0.5) is 0 Å². The van der Waals surface area contributed by atoms with Gasteiger partial charge in [-0.25, -0.2) is 0 Å². The minimum atomic E-state index is 0.0532. The summed E-state index contributed by atoms with van der Waals surface area (Å²) in [5.74, 6) is 0.182. The van der Waals surface area contributed by atoms with E-state index in [0.717, 1.165) is 0 Å². The van der Waals surface area contributed by atoms with Crippen LogP contribution >= 0.6 is 27.7 Å². The molecule has 1 amide bonds. The third-order valence-electron chi connectivity index (χ3n) is 1.45. The van der Waals surface area contributed by atoms with Gasteiger partial charge in [-0.15, -0.1) is 11.8 Å².